The predicted octanol–water partition coefficient (Wildman–Crippen LogP) is -1.56. The zero-order chi connectivity index (χ0) is 7.15. The van der Waals surface area contributed by atoms with E-state index in [-0.39, 0.29) is 18.9 Å². The molecule has 9 heavy (non-hydrogen) atoms. The first-order valence-corrected chi connectivity index (χ1v) is 1.49. The van der Waals surface area contributed by atoms with Gasteiger partial charge in [-0.2, -0.15) is 0 Å². The molecule has 0 aliphatic heterocycles. The molecule has 0 rings (SSSR count). The van der Waals surface area contributed by atoms with Gasteiger partial charge < -0.3 is 18.3 Å². The Balaban J connectivity index is -0.0000000720. The maximum Gasteiger partial charge on any atom is 1.00 e. The first-order valence-electron chi connectivity index (χ1n) is 1.49. The molecular weight excluding hydrogens is 132 g/mol. The fourth-order valence-electron chi connectivity index (χ4n) is 0. The van der Waals surface area contributed by atoms with Gasteiger partial charge in [-0.3, -0.25) is 4.79 Å². The number of carboxylic acid groups (broad SMARTS) is 1. The third kappa shape index (κ3) is 13300. The van der Waals surface area contributed by atoms with Crippen LogP contribution in [0.5, 0.6) is 0 Å². The van der Waals surface area contributed by atoms with Crippen LogP contribution in [0.15, 0.2) is 0 Å². The molecule has 0 bridgehead atoms. The molecular formula is C3H4F3LiO2. The van der Waals surface area contributed by atoms with Crippen LogP contribution in [0.1, 0.15) is 6.92 Å². The number of halogens is 3. The van der Waals surface area contributed by atoms with Crippen molar-refractivity contribution in [1.82, 2.24) is 0 Å². The maximum absolute atomic E-state index is 9.58. The van der Waals surface area contributed by atoms with Crippen molar-refractivity contribution in [2.45, 2.75) is 6.92 Å². The Morgan fingerprint density at radius 1 is 1.44 bits per heavy atom. The summed E-state index contributed by atoms with van der Waals surface area (Å²) in [6.45, 7) is -2.00. The van der Waals surface area contributed by atoms with Gasteiger partial charge in [0.25, 0.3) is 5.97 Å². The summed E-state index contributed by atoms with van der Waals surface area (Å²) in [6, 6.07) is 0. The Labute approximate surface area is 62.2 Å². The molecule has 0 spiro atoms. The molecule has 0 heterocycles. The molecule has 2 nitrogen and oxygen atoms in total. The standard InChI is InChI=1S/C2H4O2.CF3.Li/c1-2(3)4;2-1(3)4;/h1H3,(H,3,4);;/q;-1;+1. The first kappa shape index (κ1) is 15.9. The van der Waals surface area contributed by atoms with Gasteiger partial charge in [-0.1, -0.05) is 0 Å². The number of hydrogen-bond acceptors (Lipinski definition) is 1. The second-order valence-corrected chi connectivity index (χ2v) is 0.733. The molecule has 0 saturated heterocycles. The summed E-state index contributed by atoms with van der Waals surface area (Å²) in [5.41, 5.74) is 0. The van der Waals surface area contributed by atoms with Gasteiger partial charge in [0.15, 0.2) is 6.68 Å². The predicted molar refractivity (Wildman–Crippen MR) is 19.9 cm³/mol. The van der Waals surface area contributed by atoms with Crippen LogP contribution in [-0.4, -0.2) is 11.1 Å². The van der Waals surface area contributed by atoms with Crippen LogP contribution in [-0.2, 0) is 4.79 Å². The van der Waals surface area contributed by atoms with Gasteiger partial charge in [-0.05, 0) is 0 Å². The molecule has 0 saturated carbocycles. The molecule has 0 aromatic carbocycles. The van der Waals surface area contributed by atoms with Crippen LogP contribution in [0.2, 0.25) is 0 Å². The maximum atomic E-state index is 9.58. The van der Waals surface area contributed by atoms with Gasteiger partial charge in [-0.25, -0.2) is 0 Å². The van der Waals surface area contributed by atoms with E-state index in [2.05, 4.69) is 0 Å². The minimum absolute atomic E-state index is 0. The minimum atomic E-state index is -3.08. The number of rotatable bonds is 0. The van der Waals surface area contributed by atoms with E-state index in [1.165, 1.54) is 0 Å². The van der Waals surface area contributed by atoms with Gasteiger partial charge >= 0.3 is 18.9 Å². The van der Waals surface area contributed by atoms with Crippen molar-refractivity contribution < 1.29 is 41.9 Å². The summed E-state index contributed by atoms with van der Waals surface area (Å²) in [7, 11) is 0. The summed E-state index contributed by atoms with van der Waals surface area (Å²) < 4.78 is 28.8. The van der Waals surface area contributed by atoms with E-state index in [0.717, 1.165) is 6.92 Å². The Bertz CT molecular complexity index is 61.3. The van der Waals surface area contributed by atoms with Crippen molar-refractivity contribution in [2.24, 2.45) is 0 Å². The largest absolute Gasteiger partial charge is 1.00 e. The number of aliphatic carboxylic acids is 1. The molecule has 0 amide bonds. The SMILES string of the molecule is CC(=O)O.F[C-](F)F.[Li+]. The molecule has 0 aromatic rings. The fourth-order valence-corrected chi connectivity index (χ4v) is 0. The van der Waals surface area contributed by atoms with E-state index in [1.54, 1.807) is 0 Å². The van der Waals surface area contributed by atoms with Crippen LogP contribution in [0, 0.1) is 6.68 Å². The van der Waals surface area contributed by atoms with Crippen LogP contribution in [0.25, 0.3) is 0 Å². The third-order valence-corrected chi connectivity index (χ3v) is 0. The topological polar surface area (TPSA) is 37.3 Å². The normalized spacial score (nSPS) is 6.78. The zero-order valence-electron chi connectivity index (χ0n) is 4.99. The Hall–Kier alpha value is -0.143. The van der Waals surface area contributed by atoms with E-state index >= 15 is 0 Å². The molecule has 0 radical (unpaired) electrons. The van der Waals surface area contributed by atoms with Gasteiger partial charge in [-0.15, -0.1) is 0 Å². The van der Waals surface area contributed by atoms with E-state index in [4.69, 9.17) is 9.90 Å². The van der Waals surface area contributed by atoms with Crippen LogP contribution in [0.4, 0.5) is 13.2 Å². The molecule has 0 aliphatic rings. The van der Waals surface area contributed by atoms with Crippen molar-refractivity contribution in [3.8, 4) is 0 Å². The Morgan fingerprint density at radius 2 is 1.44 bits per heavy atom. The van der Waals surface area contributed by atoms with Gasteiger partial charge in [0.2, 0.25) is 0 Å². The van der Waals surface area contributed by atoms with Crippen molar-refractivity contribution in [2.75, 3.05) is 0 Å². The molecule has 0 aliphatic carbocycles. The van der Waals surface area contributed by atoms with Crippen LogP contribution in [0.3, 0.4) is 0 Å². The molecule has 1 N–H and O–H groups in total. The molecule has 6 heteroatoms. The van der Waals surface area contributed by atoms with E-state index in [9.17, 15) is 13.2 Å². The van der Waals surface area contributed by atoms with E-state index < -0.39 is 12.6 Å². The van der Waals surface area contributed by atoms with E-state index in [0.29, 0.717) is 0 Å². The Morgan fingerprint density at radius 3 is 1.44 bits per heavy atom. The number of carbonyl (C=O) groups is 1. The zero-order valence-corrected chi connectivity index (χ0v) is 4.99. The Kier molecular flexibility index (Phi) is 19.1. The summed E-state index contributed by atoms with van der Waals surface area (Å²) in [5.74, 6) is -0.833. The van der Waals surface area contributed by atoms with Crippen molar-refractivity contribution >= 4 is 5.97 Å². The quantitative estimate of drug-likeness (QED) is 0.323. The second-order valence-electron chi connectivity index (χ2n) is 0.733. The minimum Gasteiger partial charge on any atom is -0.481 e. The first-order chi connectivity index (χ1) is 3.46. The van der Waals surface area contributed by atoms with Crippen LogP contribution >= 0.6 is 0 Å². The third-order valence-electron chi connectivity index (χ3n) is 0. The molecule has 0 atom stereocenters. The summed E-state index contributed by atoms with van der Waals surface area (Å²) >= 11 is 0. The van der Waals surface area contributed by atoms with Gasteiger partial charge in [0, 0.05) is 6.92 Å². The van der Waals surface area contributed by atoms with Crippen molar-refractivity contribution in [3.63, 3.8) is 0 Å². The van der Waals surface area contributed by atoms with Crippen molar-refractivity contribution in [3.05, 3.63) is 6.68 Å². The van der Waals surface area contributed by atoms with E-state index in [1.807, 2.05) is 0 Å². The number of hydrogen-bond donors (Lipinski definition) is 1. The van der Waals surface area contributed by atoms with Crippen molar-refractivity contribution in [1.29, 1.82) is 0 Å². The van der Waals surface area contributed by atoms with Gasteiger partial charge in [0.1, 0.15) is 0 Å². The average Bonchev–Trinajstić information content (AvgIpc) is 1.25. The monoisotopic (exact) mass is 136 g/mol. The molecule has 50 valence electrons. The molecule has 0 aromatic heterocycles. The average molecular weight is 136 g/mol. The fraction of sp³-hybridized carbons (Fsp3) is 0.333. The second kappa shape index (κ2) is 10.8. The summed E-state index contributed by atoms with van der Waals surface area (Å²) in [5, 5.41) is 7.42. The number of carboxylic acids is 1. The molecule has 0 fully saturated rings. The molecule has 0 unspecified atom stereocenters. The van der Waals surface area contributed by atoms with Gasteiger partial charge in [0.05, 0.1) is 0 Å². The smallest absolute Gasteiger partial charge is 0.481 e. The summed E-state index contributed by atoms with van der Waals surface area (Å²) in [4.78, 5) is 9.00. The van der Waals surface area contributed by atoms with Crippen LogP contribution < -0.4 is 18.9 Å². The summed E-state index contributed by atoms with van der Waals surface area (Å²) in [6.07, 6.45) is 0.